The molecule has 3 rings (SSSR count). The first-order valence-corrected chi connectivity index (χ1v) is 9.67. The highest BCUT2D eigenvalue weighted by Crippen LogP contribution is 2.28. The maximum atomic E-state index is 12.3. The third-order valence-corrected chi connectivity index (χ3v) is 5.75. The second-order valence-electron chi connectivity index (χ2n) is 6.43. The van der Waals surface area contributed by atoms with Crippen LogP contribution in [0.1, 0.15) is 56.9 Å². The van der Waals surface area contributed by atoms with Gasteiger partial charge in [-0.1, -0.05) is 18.6 Å². The van der Waals surface area contributed by atoms with E-state index in [2.05, 4.69) is 16.9 Å². The van der Waals surface area contributed by atoms with E-state index >= 15 is 0 Å². The Labute approximate surface area is 157 Å². The third kappa shape index (κ3) is 4.70. The smallest absolute Gasteiger partial charge is 0.273 e. The molecule has 0 atom stereocenters. The van der Waals surface area contributed by atoms with Crippen LogP contribution >= 0.6 is 11.3 Å². The molecule has 5 nitrogen and oxygen atoms in total. The van der Waals surface area contributed by atoms with Gasteiger partial charge in [0.2, 0.25) is 5.91 Å². The Morgan fingerprint density at radius 3 is 2.62 bits per heavy atom. The van der Waals surface area contributed by atoms with E-state index in [1.165, 1.54) is 41.0 Å². The SMILES string of the molecule is N#Cc1ccc(CCC(=O)NNC(=O)c2cc3c(s2)CCCCC3)cc1. The van der Waals surface area contributed by atoms with E-state index in [0.717, 1.165) is 18.4 Å². The number of amides is 2. The Bertz CT molecular complexity index is 810. The molecular weight excluding hydrogens is 346 g/mol. The Morgan fingerprint density at radius 1 is 1.08 bits per heavy atom. The van der Waals surface area contributed by atoms with Gasteiger partial charge in [-0.05, 0) is 61.4 Å². The molecule has 0 unspecified atom stereocenters. The second kappa shape index (κ2) is 8.63. The Balaban J connectivity index is 1.46. The molecule has 2 aromatic rings. The normalized spacial score (nSPS) is 13.2. The van der Waals surface area contributed by atoms with Crippen LogP contribution in [0, 0.1) is 11.3 Å². The van der Waals surface area contributed by atoms with Gasteiger partial charge in [0.15, 0.2) is 0 Å². The fourth-order valence-corrected chi connectivity index (χ4v) is 4.18. The van der Waals surface area contributed by atoms with Crippen LogP contribution in [0.15, 0.2) is 30.3 Å². The van der Waals surface area contributed by atoms with Crippen molar-refractivity contribution in [2.75, 3.05) is 0 Å². The number of nitrogens with zero attached hydrogens (tertiary/aromatic N) is 1. The van der Waals surface area contributed by atoms with E-state index in [0.29, 0.717) is 16.9 Å². The average Bonchev–Trinajstić information content (AvgIpc) is 2.95. The van der Waals surface area contributed by atoms with Gasteiger partial charge in [-0.2, -0.15) is 5.26 Å². The van der Waals surface area contributed by atoms with Crippen molar-refractivity contribution in [1.82, 2.24) is 10.9 Å². The zero-order chi connectivity index (χ0) is 18.4. The lowest BCUT2D eigenvalue weighted by molar-refractivity contribution is -0.121. The molecule has 1 aliphatic rings. The molecule has 134 valence electrons. The van der Waals surface area contributed by atoms with E-state index in [4.69, 9.17) is 5.26 Å². The van der Waals surface area contributed by atoms with Gasteiger partial charge in [0.25, 0.3) is 5.91 Å². The number of thiophene rings is 1. The summed E-state index contributed by atoms with van der Waals surface area (Å²) < 4.78 is 0. The van der Waals surface area contributed by atoms with Crippen LogP contribution < -0.4 is 10.9 Å². The third-order valence-electron chi connectivity index (χ3n) is 4.51. The quantitative estimate of drug-likeness (QED) is 0.643. The van der Waals surface area contributed by atoms with Gasteiger partial charge in [-0.15, -0.1) is 11.3 Å². The van der Waals surface area contributed by atoms with Crippen molar-refractivity contribution in [3.63, 3.8) is 0 Å². The van der Waals surface area contributed by atoms with E-state index in [1.807, 2.05) is 18.2 Å². The lowest BCUT2D eigenvalue weighted by Crippen LogP contribution is -2.41. The molecule has 6 heteroatoms. The van der Waals surface area contributed by atoms with Crippen LogP contribution in [-0.2, 0) is 24.1 Å². The molecule has 0 radical (unpaired) electrons. The number of fused-ring (bicyclic) bond motifs is 1. The number of nitriles is 1. The van der Waals surface area contributed by atoms with Crippen molar-refractivity contribution >= 4 is 23.2 Å². The number of hydrogen-bond acceptors (Lipinski definition) is 4. The number of carbonyl (C=O) groups is 2. The van der Waals surface area contributed by atoms with Gasteiger partial charge in [-0.25, -0.2) is 0 Å². The van der Waals surface area contributed by atoms with Gasteiger partial charge in [0, 0.05) is 11.3 Å². The maximum absolute atomic E-state index is 12.3. The number of carbonyl (C=O) groups excluding carboxylic acids is 2. The standard InChI is InChI=1S/C20H21N3O2S/c21-13-15-8-6-14(7-9-15)10-11-19(24)22-23-20(25)18-12-16-4-2-1-3-5-17(16)26-18/h6-9,12H,1-5,10-11H2,(H,22,24)(H,23,25). The minimum Gasteiger partial charge on any atom is -0.273 e. The predicted octanol–water partition coefficient (Wildman–Crippen LogP) is 3.28. The number of benzene rings is 1. The molecule has 1 aromatic carbocycles. The summed E-state index contributed by atoms with van der Waals surface area (Å²) in [4.78, 5) is 26.2. The van der Waals surface area contributed by atoms with Crippen molar-refractivity contribution in [1.29, 1.82) is 5.26 Å². The second-order valence-corrected chi connectivity index (χ2v) is 7.57. The average molecular weight is 367 g/mol. The van der Waals surface area contributed by atoms with Crippen LogP contribution in [-0.4, -0.2) is 11.8 Å². The summed E-state index contributed by atoms with van der Waals surface area (Å²) in [5.74, 6) is -0.490. The minimum absolute atomic E-state index is 0.235. The molecule has 2 amide bonds. The molecule has 1 heterocycles. The zero-order valence-electron chi connectivity index (χ0n) is 14.5. The molecule has 0 fully saturated rings. The summed E-state index contributed by atoms with van der Waals surface area (Å²) in [5, 5.41) is 8.78. The maximum Gasteiger partial charge on any atom is 0.279 e. The first-order valence-electron chi connectivity index (χ1n) is 8.85. The largest absolute Gasteiger partial charge is 0.279 e. The van der Waals surface area contributed by atoms with Crippen molar-refractivity contribution < 1.29 is 9.59 Å². The number of rotatable bonds is 4. The van der Waals surface area contributed by atoms with E-state index in [-0.39, 0.29) is 18.2 Å². The molecule has 0 aliphatic heterocycles. The number of aryl methyl sites for hydroxylation is 3. The van der Waals surface area contributed by atoms with Crippen molar-refractivity contribution in [3.05, 3.63) is 56.8 Å². The van der Waals surface area contributed by atoms with Crippen LogP contribution in [0.25, 0.3) is 0 Å². The van der Waals surface area contributed by atoms with Crippen molar-refractivity contribution in [2.45, 2.75) is 44.9 Å². The summed E-state index contributed by atoms with van der Waals surface area (Å²) >= 11 is 1.53. The molecule has 1 aromatic heterocycles. The molecule has 0 spiro atoms. The molecule has 26 heavy (non-hydrogen) atoms. The predicted molar refractivity (Wildman–Crippen MR) is 101 cm³/mol. The van der Waals surface area contributed by atoms with Gasteiger partial charge in [-0.3, -0.25) is 20.4 Å². The molecule has 0 bridgehead atoms. The minimum atomic E-state index is -0.255. The number of hydrogen-bond donors (Lipinski definition) is 2. The fourth-order valence-electron chi connectivity index (χ4n) is 3.03. The Morgan fingerprint density at radius 2 is 1.85 bits per heavy atom. The van der Waals surface area contributed by atoms with Gasteiger partial charge >= 0.3 is 0 Å². The van der Waals surface area contributed by atoms with Crippen molar-refractivity contribution in [2.24, 2.45) is 0 Å². The lowest BCUT2D eigenvalue weighted by Gasteiger charge is -2.06. The van der Waals surface area contributed by atoms with Crippen LogP contribution in [0.5, 0.6) is 0 Å². The van der Waals surface area contributed by atoms with E-state index in [9.17, 15) is 9.59 Å². The molecule has 0 saturated carbocycles. The van der Waals surface area contributed by atoms with Gasteiger partial charge < -0.3 is 0 Å². The fraction of sp³-hybridized carbons (Fsp3) is 0.350. The monoisotopic (exact) mass is 367 g/mol. The lowest BCUT2D eigenvalue weighted by atomic mass is 10.1. The summed E-state index contributed by atoms with van der Waals surface area (Å²) in [6.07, 6.45) is 6.52. The first-order chi connectivity index (χ1) is 12.7. The van der Waals surface area contributed by atoms with E-state index < -0.39 is 0 Å². The highest BCUT2D eigenvalue weighted by molar-refractivity contribution is 7.14. The van der Waals surface area contributed by atoms with Crippen LogP contribution in [0.2, 0.25) is 0 Å². The Hall–Kier alpha value is -2.65. The van der Waals surface area contributed by atoms with Gasteiger partial charge in [0.05, 0.1) is 16.5 Å². The topological polar surface area (TPSA) is 82.0 Å². The summed E-state index contributed by atoms with van der Waals surface area (Å²) in [6, 6.07) is 11.2. The van der Waals surface area contributed by atoms with E-state index in [1.54, 1.807) is 12.1 Å². The summed E-state index contributed by atoms with van der Waals surface area (Å²) in [7, 11) is 0. The highest BCUT2D eigenvalue weighted by Gasteiger charge is 2.16. The van der Waals surface area contributed by atoms with Gasteiger partial charge in [0.1, 0.15) is 0 Å². The molecule has 2 N–H and O–H groups in total. The van der Waals surface area contributed by atoms with Crippen LogP contribution in [0.3, 0.4) is 0 Å². The van der Waals surface area contributed by atoms with Crippen LogP contribution in [0.4, 0.5) is 0 Å². The highest BCUT2D eigenvalue weighted by atomic mass is 32.1. The number of hydrazine groups is 1. The number of nitrogens with one attached hydrogen (secondary N) is 2. The zero-order valence-corrected chi connectivity index (χ0v) is 15.3. The molecule has 0 saturated heterocycles. The summed E-state index contributed by atoms with van der Waals surface area (Å²) in [6.45, 7) is 0. The molecular formula is C20H21N3O2S. The molecule has 1 aliphatic carbocycles. The summed E-state index contributed by atoms with van der Waals surface area (Å²) in [5.41, 5.74) is 7.85. The Kier molecular flexibility index (Phi) is 6.03. The van der Waals surface area contributed by atoms with Crippen molar-refractivity contribution in [3.8, 4) is 6.07 Å². The first kappa shape index (κ1) is 18.2.